The van der Waals surface area contributed by atoms with Gasteiger partial charge in [-0.25, -0.2) is 9.78 Å². The normalized spacial score (nSPS) is 11.0. The molecule has 3 aromatic rings. The first-order valence-electron chi connectivity index (χ1n) is 7.39. The Balaban J connectivity index is 2.36. The molecule has 0 saturated carbocycles. The second kappa shape index (κ2) is 5.79. The molecule has 2 heterocycles. The van der Waals surface area contributed by atoms with Crippen LogP contribution in [0.25, 0.3) is 11.0 Å². The van der Waals surface area contributed by atoms with Gasteiger partial charge in [-0.1, -0.05) is 17.7 Å². The van der Waals surface area contributed by atoms with Gasteiger partial charge < -0.3 is 5.32 Å². The lowest BCUT2D eigenvalue weighted by molar-refractivity contribution is 0.707. The number of fused-ring (bicyclic) bond motifs is 1. The maximum Gasteiger partial charge on any atom is 0.332 e. The summed E-state index contributed by atoms with van der Waals surface area (Å²) in [5.74, 6) is 0. The van der Waals surface area contributed by atoms with E-state index in [2.05, 4.69) is 10.3 Å². The van der Waals surface area contributed by atoms with E-state index in [0.29, 0.717) is 21.7 Å². The van der Waals surface area contributed by atoms with Gasteiger partial charge in [-0.2, -0.15) is 0 Å². The zero-order valence-corrected chi connectivity index (χ0v) is 14.6. The quantitative estimate of drug-likeness (QED) is 0.776. The van der Waals surface area contributed by atoms with Gasteiger partial charge in [0.15, 0.2) is 5.65 Å². The molecule has 7 heteroatoms. The third kappa shape index (κ3) is 2.49. The third-order valence-electron chi connectivity index (χ3n) is 4.12. The monoisotopic (exact) mass is 344 g/mol. The van der Waals surface area contributed by atoms with E-state index in [9.17, 15) is 9.59 Å². The van der Waals surface area contributed by atoms with Gasteiger partial charge in [-0.15, -0.1) is 0 Å². The fourth-order valence-electron chi connectivity index (χ4n) is 2.65. The molecule has 1 N–H and O–H groups in total. The van der Waals surface area contributed by atoms with Crippen molar-refractivity contribution in [2.24, 2.45) is 14.1 Å². The maximum atomic E-state index is 12.7. The number of anilines is 2. The topological polar surface area (TPSA) is 68.9 Å². The van der Waals surface area contributed by atoms with Crippen molar-refractivity contribution in [2.45, 2.75) is 13.8 Å². The average Bonchev–Trinajstić information content (AvgIpc) is 2.55. The Morgan fingerprint density at radius 2 is 1.79 bits per heavy atom. The van der Waals surface area contributed by atoms with Crippen molar-refractivity contribution in [3.63, 3.8) is 0 Å². The molecule has 0 aliphatic rings. The summed E-state index contributed by atoms with van der Waals surface area (Å²) < 4.78 is 2.45. The smallest absolute Gasteiger partial charge is 0.332 e. The SMILES string of the molecule is Cc1ccc(Cl)cc1Nc1c(C)cnc2c1c(=O)n(C)c(=O)n2C. The summed E-state index contributed by atoms with van der Waals surface area (Å²) >= 11 is 6.08. The van der Waals surface area contributed by atoms with E-state index in [-0.39, 0.29) is 5.56 Å². The Kier molecular flexibility index (Phi) is 3.93. The van der Waals surface area contributed by atoms with Crippen molar-refractivity contribution in [3.05, 3.63) is 61.4 Å². The van der Waals surface area contributed by atoms with Gasteiger partial charge in [-0.05, 0) is 37.1 Å². The number of hydrogen-bond acceptors (Lipinski definition) is 4. The van der Waals surface area contributed by atoms with E-state index in [0.717, 1.165) is 21.4 Å². The van der Waals surface area contributed by atoms with Gasteiger partial charge in [0.25, 0.3) is 5.56 Å². The number of halogens is 1. The van der Waals surface area contributed by atoms with Crippen LogP contribution < -0.4 is 16.6 Å². The predicted octanol–water partition coefficient (Wildman–Crippen LogP) is 2.65. The Morgan fingerprint density at radius 3 is 2.50 bits per heavy atom. The molecule has 24 heavy (non-hydrogen) atoms. The summed E-state index contributed by atoms with van der Waals surface area (Å²) in [5, 5.41) is 4.26. The first-order chi connectivity index (χ1) is 11.3. The minimum Gasteiger partial charge on any atom is -0.354 e. The van der Waals surface area contributed by atoms with Crippen molar-refractivity contribution < 1.29 is 0 Å². The molecule has 0 aliphatic carbocycles. The molecule has 3 rings (SSSR count). The van der Waals surface area contributed by atoms with Crippen molar-refractivity contribution in [1.29, 1.82) is 0 Å². The van der Waals surface area contributed by atoms with Gasteiger partial charge in [0.1, 0.15) is 5.39 Å². The highest BCUT2D eigenvalue weighted by Crippen LogP contribution is 2.29. The van der Waals surface area contributed by atoms with Gasteiger partial charge in [0, 0.05) is 31.0 Å². The van der Waals surface area contributed by atoms with E-state index in [1.165, 1.54) is 11.6 Å². The molecule has 0 unspecified atom stereocenters. The lowest BCUT2D eigenvalue weighted by Crippen LogP contribution is -2.37. The molecule has 0 radical (unpaired) electrons. The van der Waals surface area contributed by atoms with Crippen LogP contribution in [0.4, 0.5) is 11.4 Å². The molecule has 1 aromatic carbocycles. The number of nitrogens with zero attached hydrogens (tertiary/aromatic N) is 3. The van der Waals surface area contributed by atoms with Crippen molar-refractivity contribution in [1.82, 2.24) is 14.1 Å². The van der Waals surface area contributed by atoms with Crippen molar-refractivity contribution >= 4 is 34.0 Å². The standard InChI is InChI=1S/C17H17ClN4O2/c1-9-5-6-11(18)7-12(9)20-14-10(2)8-19-15-13(14)16(23)22(4)17(24)21(15)3/h5-8H,1-4H3,(H,19,20). The Hall–Kier alpha value is -2.60. The molecule has 0 spiro atoms. The number of hydrogen-bond donors (Lipinski definition) is 1. The number of rotatable bonds is 2. The summed E-state index contributed by atoms with van der Waals surface area (Å²) in [6.07, 6.45) is 1.64. The second-order valence-electron chi connectivity index (χ2n) is 5.80. The number of aryl methyl sites for hydroxylation is 3. The van der Waals surface area contributed by atoms with E-state index >= 15 is 0 Å². The van der Waals surface area contributed by atoms with E-state index in [1.54, 1.807) is 19.3 Å². The molecular formula is C17H17ClN4O2. The second-order valence-corrected chi connectivity index (χ2v) is 6.24. The Bertz CT molecular complexity index is 1080. The molecule has 0 amide bonds. The summed E-state index contributed by atoms with van der Waals surface area (Å²) in [6.45, 7) is 3.81. The zero-order valence-electron chi connectivity index (χ0n) is 13.8. The zero-order chi connectivity index (χ0) is 17.6. The van der Waals surface area contributed by atoms with Crippen LogP contribution in [0.3, 0.4) is 0 Å². The summed E-state index contributed by atoms with van der Waals surface area (Å²) in [4.78, 5) is 29.0. The summed E-state index contributed by atoms with van der Waals surface area (Å²) in [6, 6.07) is 5.51. The van der Waals surface area contributed by atoms with Crippen molar-refractivity contribution in [3.8, 4) is 0 Å². The molecule has 0 saturated heterocycles. The van der Waals surface area contributed by atoms with Gasteiger partial charge in [0.05, 0.1) is 5.69 Å². The molecule has 0 atom stereocenters. The molecule has 0 bridgehead atoms. The first-order valence-corrected chi connectivity index (χ1v) is 7.77. The molecular weight excluding hydrogens is 328 g/mol. The molecule has 2 aromatic heterocycles. The summed E-state index contributed by atoms with van der Waals surface area (Å²) in [7, 11) is 3.06. The number of benzene rings is 1. The maximum absolute atomic E-state index is 12.7. The van der Waals surface area contributed by atoms with Crippen LogP contribution in [-0.2, 0) is 14.1 Å². The average molecular weight is 345 g/mol. The van der Waals surface area contributed by atoms with E-state index in [1.807, 2.05) is 26.0 Å². The van der Waals surface area contributed by atoms with Gasteiger partial charge in [-0.3, -0.25) is 13.9 Å². The largest absolute Gasteiger partial charge is 0.354 e. The highest BCUT2D eigenvalue weighted by Gasteiger charge is 2.16. The van der Waals surface area contributed by atoms with Crippen LogP contribution in [-0.4, -0.2) is 14.1 Å². The lowest BCUT2D eigenvalue weighted by Gasteiger charge is -2.16. The molecule has 6 nitrogen and oxygen atoms in total. The number of aromatic nitrogens is 3. The molecule has 0 aliphatic heterocycles. The molecule has 124 valence electrons. The van der Waals surface area contributed by atoms with Crippen LogP contribution >= 0.6 is 11.6 Å². The fourth-order valence-corrected chi connectivity index (χ4v) is 2.82. The lowest BCUT2D eigenvalue weighted by atomic mass is 10.1. The highest BCUT2D eigenvalue weighted by molar-refractivity contribution is 6.30. The minimum absolute atomic E-state index is 0.343. The van der Waals surface area contributed by atoms with Crippen LogP contribution in [0.2, 0.25) is 5.02 Å². The molecule has 0 fully saturated rings. The van der Waals surface area contributed by atoms with Crippen LogP contribution in [0.5, 0.6) is 0 Å². The third-order valence-corrected chi connectivity index (χ3v) is 4.35. The first kappa shape index (κ1) is 16.3. The fraction of sp³-hybridized carbons (Fsp3) is 0.235. The van der Waals surface area contributed by atoms with E-state index < -0.39 is 5.69 Å². The van der Waals surface area contributed by atoms with Gasteiger partial charge in [0.2, 0.25) is 0 Å². The predicted molar refractivity (Wildman–Crippen MR) is 96.4 cm³/mol. The number of pyridine rings is 1. The minimum atomic E-state index is -0.409. The van der Waals surface area contributed by atoms with Gasteiger partial charge >= 0.3 is 5.69 Å². The van der Waals surface area contributed by atoms with E-state index in [4.69, 9.17) is 11.6 Å². The van der Waals surface area contributed by atoms with Crippen LogP contribution in [0.15, 0.2) is 34.0 Å². The number of nitrogens with one attached hydrogen (secondary N) is 1. The van der Waals surface area contributed by atoms with Crippen molar-refractivity contribution in [2.75, 3.05) is 5.32 Å². The summed E-state index contributed by atoms with van der Waals surface area (Å²) in [5.41, 5.74) is 2.77. The Labute approximate surface area is 143 Å². The highest BCUT2D eigenvalue weighted by atomic mass is 35.5. The van der Waals surface area contributed by atoms with Crippen LogP contribution in [0, 0.1) is 13.8 Å². The van der Waals surface area contributed by atoms with Crippen LogP contribution in [0.1, 0.15) is 11.1 Å². The Morgan fingerprint density at radius 1 is 1.08 bits per heavy atom.